The van der Waals surface area contributed by atoms with Crippen LogP contribution in [-0.4, -0.2) is 34.6 Å². The summed E-state index contributed by atoms with van der Waals surface area (Å²) in [5.41, 5.74) is 0.307. The van der Waals surface area contributed by atoms with Crippen LogP contribution in [0.5, 0.6) is 0 Å². The van der Waals surface area contributed by atoms with Crippen molar-refractivity contribution in [3.05, 3.63) is 58.3 Å². The number of benzene rings is 1. The van der Waals surface area contributed by atoms with Crippen molar-refractivity contribution in [1.82, 2.24) is 9.55 Å². The van der Waals surface area contributed by atoms with E-state index in [-0.39, 0.29) is 41.5 Å². The highest BCUT2D eigenvalue weighted by atomic mass is 16.5. The van der Waals surface area contributed by atoms with Crippen molar-refractivity contribution >= 4 is 28.7 Å². The second-order valence-corrected chi connectivity index (χ2v) is 6.09. The number of nitrogens with zero attached hydrogens (tertiary/aromatic N) is 3. The van der Waals surface area contributed by atoms with Crippen LogP contribution in [0.1, 0.15) is 30.0 Å². The molecule has 1 aromatic carbocycles. The predicted octanol–water partition coefficient (Wildman–Crippen LogP) is 2.53. The van der Waals surface area contributed by atoms with E-state index in [1.807, 2.05) is 37.3 Å². The number of anilines is 1. The molecule has 0 N–H and O–H groups in total. The second-order valence-electron chi connectivity index (χ2n) is 6.09. The topological polar surface area (TPSA) is 94.6 Å². The SMILES string of the molecule is CCOC(=O)c1c(C)oc2ncn(CC(=O)N(CC)c3ccccc3)c(=O)c12. The molecule has 0 bridgehead atoms. The minimum atomic E-state index is -0.652. The minimum absolute atomic E-state index is 0.0222. The number of hydrogen-bond acceptors (Lipinski definition) is 6. The third-order valence-corrected chi connectivity index (χ3v) is 4.33. The van der Waals surface area contributed by atoms with E-state index in [1.165, 1.54) is 10.9 Å². The van der Waals surface area contributed by atoms with Gasteiger partial charge < -0.3 is 14.1 Å². The van der Waals surface area contributed by atoms with E-state index in [1.54, 1.807) is 18.7 Å². The van der Waals surface area contributed by atoms with E-state index in [0.717, 1.165) is 5.69 Å². The van der Waals surface area contributed by atoms with Crippen LogP contribution >= 0.6 is 0 Å². The third kappa shape index (κ3) is 3.53. The lowest BCUT2D eigenvalue weighted by molar-refractivity contribution is -0.119. The van der Waals surface area contributed by atoms with Gasteiger partial charge in [-0.15, -0.1) is 0 Å². The lowest BCUT2D eigenvalue weighted by atomic mass is 10.2. The van der Waals surface area contributed by atoms with E-state index in [4.69, 9.17) is 9.15 Å². The fourth-order valence-electron chi connectivity index (χ4n) is 3.04. The van der Waals surface area contributed by atoms with Gasteiger partial charge in [-0.1, -0.05) is 18.2 Å². The van der Waals surface area contributed by atoms with Crippen LogP contribution in [-0.2, 0) is 16.1 Å². The number of furan rings is 1. The zero-order chi connectivity index (χ0) is 20.3. The molecule has 3 rings (SSSR count). The van der Waals surface area contributed by atoms with Crippen molar-refractivity contribution in [2.24, 2.45) is 0 Å². The summed E-state index contributed by atoms with van der Waals surface area (Å²) in [5, 5.41) is 0.0222. The molecule has 0 fully saturated rings. The molecular weight excluding hydrogens is 362 g/mol. The minimum Gasteiger partial charge on any atom is -0.462 e. The Morgan fingerprint density at radius 3 is 2.57 bits per heavy atom. The van der Waals surface area contributed by atoms with Crippen LogP contribution in [0.4, 0.5) is 5.69 Å². The molecule has 0 atom stereocenters. The molecule has 0 spiro atoms. The molecule has 3 aromatic rings. The first kappa shape index (κ1) is 19.3. The molecule has 2 aromatic heterocycles. The Kier molecular flexibility index (Phi) is 5.58. The second kappa shape index (κ2) is 8.08. The summed E-state index contributed by atoms with van der Waals surface area (Å²) >= 11 is 0. The Morgan fingerprint density at radius 2 is 1.93 bits per heavy atom. The molecule has 1 amide bonds. The first-order valence-electron chi connectivity index (χ1n) is 8.99. The number of likely N-dealkylation sites (N-methyl/N-ethyl adjacent to an activating group) is 1. The number of esters is 1. The highest BCUT2D eigenvalue weighted by Crippen LogP contribution is 2.22. The summed E-state index contributed by atoms with van der Waals surface area (Å²) in [6.07, 6.45) is 1.25. The van der Waals surface area contributed by atoms with Crippen LogP contribution in [0.15, 0.2) is 45.9 Å². The monoisotopic (exact) mass is 383 g/mol. The molecule has 8 nitrogen and oxygen atoms in total. The molecule has 146 valence electrons. The van der Waals surface area contributed by atoms with Gasteiger partial charge in [0.2, 0.25) is 11.6 Å². The van der Waals surface area contributed by atoms with Crippen molar-refractivity contribution in [2.45, 2.75) is 27.3 Å². The first-order chi connectivity index (χ1) is 13.5. The number of aryl methyl sites for hydroxylation is 1. The Bertz CT molecular complexity index is 1070. The number of ether oxygens (including phenoxy) is 1. The Hall–Kier alpha value is -3.42. The number of hydrogen-bond donors (Lipinski definition) is 0. The third-order valence-electron chi connectivity index (χ3n) is 4.33. The highest BCUT2D eigenvalue weighted by molar-refractivity contribution is 6.03. The normalized spacial score (nSPS) is 10.8. The summed E-state index contributed by atoms with van der Waals surface area (Å²) in [4.78, 5) is 43.6. The number of carbonyl (C=O) groups excluding carboxylic acids is 2. The van der Waals surface area contributed by atoms with Crippen molar-refractivity contribution in [3.8, 4) is 0 Å². The molecule has 8 heteroatoms. The number of para-hydroxylation sites is 1. The van der Waals surface area contributed by atoms with Gasteiger partial charge in [0.15, 0.2) is 0 Å². The number of fused-ring (bicyclic) bond motifs is 1. The highest BCUT2D eigenvalue weighted by Gasteiger charge is 2.24. The molecule has 0 aliphatic carbocycles. The molecule has 0 radical (unpaired) electrons. The first-order valence-corrected chi connectivity index (χ1v) is 8.99. The van der Waals surface area contributed by atoms with Crippen LogP contribution < -0.4 is 10.5 Å². The fourth-order valence-corrected chi connectivity index (χ4v) is 3.04. The van der Waals surface area contributed by atoms with E-state index >= 15 is 0 Å². The predicted molar refractivity (Wildman–Crippen MR) is 103 cm³/mol. The molecule has 2 heterocycles. The van der Waals surface area contributed by atoms with Gasteiger partial charge in [0.05, 0.1) is 6.61 Å². The van der Waals surface area contributed by atoms with Gasteiger partial charge in [-0.2, -0.15) is 0 Å². The van der Waals surface area contributed by atoms with Gasteiger partial charge in [-0.3, -0.25) is 14.2 Å². The molecule has 0 saturated carbocycles. The van der Waals surface area contributed by atoms with Crippen molar-refractivity contribution in [2.75, 3.05) is 18.1 Å². The number of amides is 1. The van der Waals surface area contributed by atoms with Crippen molar-refractivity contribution < 1.29 is 18.7 Å². The van der Waals surface area contributed by atoms with E-state index in [0.29, 0.717) is 6.54 Å². The van der Waals surface area contributed by atoms with Gasteiger partial charge in [-0.05, 0) is 32.9 Å². The standard InChI is InChI=1S/C20H21N3O5/c1-4-23(14-9-7-6-8-10-14)15(24)11-22-12-21-18-17(19(22)25)16(13(3)28-18)20(26)27-5-2/h6-10,12H,4-5,11H2,1-3H3. The van der Waals surface area contributed by atoms with Crippen LogP contribution in [0, 0.1) is 6.92 Å². The summed E-state index contributed by atoms with van der Waals surface area (Å²) in [7, 11) is 0. The molecule has 28 heavy (non-hydrogen) atoms. The van der Waals surface area contributed by atoms with Gasteiger partial charge in [0.25, 0.3) is 5.56 Å². The van der Waals surface area contributed by atoms with Gasteiger partial charge in [0, 0.05) is 12.2 Å². The fraction of sp³-hybridized carbons (Fsp3) is 0.300. The summed E-state index contributed by atoms with van der Waals surface area (Å²) in [6, 6.07) is 9.19. The maximum absolute atomic E-state index is 12.9. The van der Waals surface area contributed by atoms with Gasteiger partial charge in [0.1, 0.15) is 29.6 Å². The Morgan fingerprint density at radius 1 is 1.21 bits per heavy atom. The maximum atomic E-state index is 12.9. The lowest BCUT2D eigenvalue weighted by Crippen LogP contribution is -2.36. The smallest absolute Gasteiger partial charge is 0.342 e. The zero-order valence-electron chi connectivity index (χ0n) is 16.0. The quantitative estimate of drug-likeness (QED) is 0.607. The van der Waals surface area contributed by atoms with Crippen LogP contribution in [0.25, 0.3) is 11.1 Å². The summed E-state index contributed by atoms with van der Waals surface area (Å²) in [5.74, 6) is -0.669. The maximum Gasteiger partial charge on any atom is 0.342 e. The van der Waals surface area contributed by atoms with E-state index in [9.17, 15) is 14.4 Å². The number of aromatic nitrogens is 2. The van der Waals surface area contributed by atoms with Gasteiger partial charge in [-0.25, -0.2) is 9.78 Å². The number of carbonyl (C=O) groups is 2. The molecular formula is C20H21N3O5. The lowest BCUT2D eigenvalue weighted by Gasteiger charge is -2.21. The van der Waals surface area contributed by atoms with Gasteiger partial charge >= 0.3 is 5.97 Å². The Labute approximate surface area is 161 Å². The van der Waals surface area contributed by atoms with Crippen LogP contribution in [0.2, 0.25) is 0 Å². The van der Waals surface area contributed by atoms with Crippen molar-refractivity contribution in [1.29, 1.82) is 0 Å². The molecule has 0 aliphatic heterocycles. The summed E-state index contributed by atoms with van der Waals surface area (Å²) in [6.45, 7) is 5.50. The largest absolute Gasteiger partial charge is 0.462 e. The Balaban J connectivity index is 1.99. The molecule has 0 saturated heterocycles. The molecule has 0 unspecified atom stereocenters. The number of rotatable bonds is 6. The average Bonchev–Trinajstić information content (AvgIpc) is 3.02. The molecule has 0 aliphatic rings. The van der Waals surface area contributed by atoms with Crippen LogP contribution in [0.3, 0.4) is 0 Å². The van der Waals surface area contributed by atoms with E-state index in [2.05, 4.69) is 4.98 Å². The summed E-state index contributed by atoms with van der Waals surface area (Å²) < 4.78 is 11.6. The average molecular weight is 383 g/mol. The van der Waals surface area contributed by atoms with Crippen molar-refractivity contribution in [3.63, 3.8) is 0 Å². The zero-order valence-corrected chi connectivity index (χ0v) is 16.0. The van der Waals surface area contributed by atoms with E-state index < -0.39 is 11.5 Å².